The van der Waals surface area contributed by atoms with Crippen molar-refractivity contribution >= 4 is 33.2 Å². The molecule has 49 heavy (non-hydrogen) atoms. The van der Waals surface area contributed by atoms with Gasteiger partial charge in [-0.15, -0.1) is 0 Å². The number of aromatic nitrogens is 1. The van der Waals surface area contributed by atoms with E-state index in [0.29, 0.717) is 23.1 Å². The number of aromatic amines is 1. The van der Waals surface area contributed by atoms with E-state index in [1.165, 1.54) is 16.8 Å². The van der Waals surface area contributed by atoms with Gasteiger partial charge in [0.05, 0.1) is 41.7 Å². The number of carbonyl (C=O) groups excluding carboxylic acids is 1. The van der Waals surface area contributed by atoms with Crippen LogP contribution in [0.25, 0.3) is 10.9 Å². The molecule has 3 heterocycles. The Morgan fingerprint density at radius 2 is 1.88 bits per heavy atom. The van der Waals surface area contributed by atoms with Crippen LogP contribution in [-0.2, 0) is 30.7 Å². The zero-order chi connectivity index (χ0) is 34.5. The van der Waals surface area contributed by atoms with Gasteiger partial charge in [0.25, 0.3) is 0 Å². The molecule has 13 heteroatoms. The molecule has 2 aliphatic heterocycles. The highest BCUT2D eigenvalue weighted by Gasteiger charge is 2.44. The molecule has 2 saturated heterocycles. The van der Waals surface area contributed by atoms with Crippen LogP contribution in [0.2, 0.25) is 0 Å². The van der Waals surface area contributed by atoms with E-state index in [4.69, 9.17) is 19.2 Å². The number of nitrogens with zero attached hydrogens (tertiary/aromatic N) is 2. The second kappa shape index (κ2) is 15.6. The third-order valence-electron chi connectivity index (χ3n) is 9.69. The molecule has 2 aromatic carbocycles. The van der Waals surface area contributed by atoms with Gasteiger partial charge in [-0.3, -0.25) is 4.99 Å². The quantitative estimate of drug-likeness (QED) is 0.187. The Kier molecular flexibility index (Phi) is 11.2. The van der Waals surface area contributed by atoms with Gasteiger partial charge in [0.1, 0.15) is 6.10 Å². The monoisotopic (exact) mass is 696 g/mol. The van der Waals surface area contributed by atoms with E-state index in [-0.39, 0.29) is 61.1 Å². The Bertz CT molecular complexity index is 1710. The molecule has 3 aromatic rings. The van der Waals surface area contributed by atoms with Gasteiger partial charge in [0.15, 0.2) is 12.2 Å². The summed E-state index contributed by atoms with van der Waals surface area (Å²) in [5, 5.41) is 25.7. The maximum Gasteiger partial charge on any atom is 0.407 e. The summed E-state index contributed by atoms with van der Waals surface area (Å²) in [5.41, 5.74) is 1.89. The summed E-state index contributed by atoms with van der Waals surface area (Å²) in [5.74, 6) is -0.177. The Morgan fingerprint density at radius 1 is 1.10 bits per heavy atom. The molecule has 3 aliphatic rings. The van der Waals surface area contributed by atoms with Crippen LogP contribution in [0.15, 0.2) is 58.4 Å². The fourth-order valence-electron chi connectivity index (χ4n) is 7.06. The van der Waals surface area contributed by atoms with E-state index in [1.54, 1.807) is 18.3 Å². The zero-order valence-electron chi connectivity index (χ0n) is 28.2. The minimum absolute atomic E-state index is 0.0284. The lowest BCUT2D eigenvalue weighted by molar-refractivity contribution is -0.0907. The fourth-order valence-corrected chi connectivity index (χ4v) is 8.71. The van der Waals surface area contributed by atoms with E-state index in [0.717, 1.165) is 37.7 Å². The summed E-state index contributed by atoms with van der Waals surface area (Å²) in [6.45, 7) is 4.45. The molecule has 0 unspecified atom stereocenters. The summed E-state index contributed by atoms with van der Waals surface area (Å²) < 4.78 is 46.7. The van der Waals surface area contributed by atoms with Gasteiger partial charge in [-0.25, -0.2) is 13.2 Å². The van der Waals surface area contributed by atoms with Crippen molar-refractivity contribution < 1.29 is 37.6 Å². The lowest BCUT2D eigenvalue weighted by atomic mass is 9.96. The average molecular weight is 697 g/mol. The Morgan fingerprint density at radius 3 is 2.63 bits per heavy atom. The smallest absolute Gasteiger partial charge is 0.407 e. The Labute approximate surface area is 287 Å². The number of sulfonamides is 1. The largest absolute Gasteiger partial charge is 0.494 e. The number of aliphatic hydroxyl groups excluding tert-OH is 1. The first-order valence-electron chi connectivity index (χ1n) is 17.4. The molecule has 1 saturated carbocycles. The van der Waals surface area contributed by atoms with Crippen molar-refractivity contribution in [2.45, 2.75) is 94.3 Å². The van der Waals surface area contributed by atoms with Crippen molar-refractivity contribution in [1.82, 2.24) is 14.6 Å². The maximum atomic E-state index is 14.3. The molecule has 1 amide bonds. The van der Waals surface area contributed by atoms with Crippen molar-refractivity contribution in [2.75, 3.05) is 26.3 Å². The predicted molar refractivity (Wildman–Crippen MR) is 185 cm³/mol. The summed E-state index contributed by atoms with van der Waals surface area (Å²) >= 11 is 0. The molecular weight excluding hydrogens is 648 g/mol. The second-order valence-corrected chi connectivity index (χ2v) is 15.8. The molecule has 12 nitrogen and oxygen atoms in total. The number of carbonyl (C=O) groups is 1. The minimum Gasteiger partial charge on any atom is -0.494 e. The number of aliphatic imine (C=N–C) groups is 1. The van der Waals surface area contributed by atoms with Crippen LogP contribution in [0.1, 0.15) is 63.5 Å². The van der Waals surface area contributed by atoms with Gasteiger partial charge in [-0.2, -0.15) is 4.31 Å². The fraction of sp³-hybridized carbons (Fsp3) is 0.556. The zero-order valence-corrected chi connectivity index (χ0v) is 29.0. The number of aromatic hydroxyl groups is 1. The molecule has 0 bridgehead atoms. The van der Waals surface area contributed by atoms with E-state index >= 15 is 0 Å². The molecule has 1 aromatic heterocycles. The molecule has 1 aliphatic carbocycles. The van der Waals surface area contributed by atoms with Crippen LogP contribution in [0, 0.1) is 11.8 Å². The molecule has 266 valence electrons. The van der Waals surface area contributed by atoms with Crippen LogP contribution in [-0.4, -0.2) is 97.1 Å². The van der Waals surface area contributed by atoms with Crippen molar-refractivity contribution in [3.05, 3.63) is 59.7 Å². The number of alkyl carbamates (subject to hydrolysis) is 1. The van der Waals surface area contributed by atoms with Gasteiger partial charge in [-0.05, 0) is 55.4 Å². The van der Waals surface area contributed by atoms with Gasteiger partial charge in [-0.1, -0.05) is 63.4 Å². The van der Waals surface area contributed by atoms with Crippen LogP contribution < -0.4 is 5.32 Å². The van der Waals surface area contributed by atoms with E-state index in [2.05, 4.69) is 10.3 Å². The Balaban J connectivity index is 1.23. The number of rotatable bonds is 13. The molecule has 3 fully saturated rings. The van der Waals surface area contributed by atoms with E-state index in [1.807, 2.05) is 44.2 Å². The van der Waals surface area contributed by atoms with Crippen molar-refractivity contribution in [3.63, 3.8) is 0 Å². The maximum absolute atomic E-state index is 14.3. The van der Waals surface area contributed by atoms with Crippen LogP contribution >= 0.6 is 0 Å². The van der Waals surface area contributed by atoms with Gasteiger partial charge in [0, 0.05) is 36.2 Å². The van der Waals surface area contributed by atoms with Crippen molar-refractivity contribution in [3.8, 4) is 5.88 Å². The SMILES string of the molecule is CC(C)CN(C[C@@H](O)[C@H](Cc1ccccc1)NC(=O)O[C@H]1CO[C@H]2OCC[C@H]21)S(=O)(=O)c1ccc2[nH]c(O)c(C=NC3CCCCC3)c2c1. The number of H-pyrrole nitrogens is 1. The van der Waals surface area contributed by atoms with Gasteiger partial charge in [0.2, 0.25) is 10.0 Å². The topological polar surface area (TPSA) is 163 Å². The van der Waals surface area contributed by atoms with Gasteiger partial charge < -0.3 is 34.7 Å². The molecule has 6 rings (SSSR count). The lowest BCUT2D eigenvalue weighted by Crippen LogP contribution is -2.51. The first-order valence-corrected chi connectivity index (χ1v) is 18.8. The number of amides is 1. The first kappa shape index (κ1) is 35.3. The third-order valence-corrected chi connectivity index (χ3v) is 11.5. The second-order valence-electron chi connectivity index (χ2n) is 13.9. The Hall–Kier alpha value is -3.49. The number of fused-ring (bicyclic) bond motifs is 2. The average Bonchev–Trinajstić information content (AvgIpc) is 3.79. The summed E-state index contributed by atoms with van der Waals surface area (Å²) in [6.07, 6.45) is 5.22. The predicted octanol–water partition coefficient (Wildman–Crippen LogP) is 4.73. The molecule has 0 spiro atoms. The summed E-state index contributed by atoms with van der Waals surface area (Å²) in [6, 6.07) is 13.4. The highest BCUT2D eigenvalue weighted by Crippen LogP contribution is 2.33. The third kappa shape index (κ3) is 8.46. The number of benzene rings is 2. The first-order chi connectivity index (χ1) is 23.6. The molecule has 4 N–H and O–H groups in total. The van der Waals surface area contributed by atoms with Crippen molar-refractivity contribution in [2.24, 2.45) is 16.8 Å². The van der Waals surface area contributed by atoms with Crippen LogP contribution in [0.3, 0.4) is 0 Å². The highest BCUT2D eigenvalue weighted by molar-refractivity contribution is 7.89. The number of ether oxygens (including phenoxy) is 3. The number of nitrogens with one attached hydrogen (secondary N) is 2. The summed E-state index contributed by atoms with van der Waals surface area (Å²) in [7, 11) is -4.13. The number of hydrogen-bond donors (Lipinski definition) is 4. The van der Waals surface area contributed by atoms with E-state index in [9.17, 15) is 23.4 Å². The normalized spacial score (nSPS) is 23.0. The van der Waals surface area contributed by atoms with Crippen molar-refractivity contribution in [1.29, 1.82) is 0 Å². The lowest BCUT2D eigenvalue weighted by Gasteiger charge is -2.31. The molecule has 5 atom stereocenters. The standard InChI is InChI=1S/C36H48N4O8S/c1-23(2)20-40(49(44,45)26-13-14-30-28(18-26)29(34(42)38-30)19-37-25-11-7-4-8-12-25)21-32(41)31(17-24-9-5-3-6-10-24)39-36(43)48-33-22-47-35-27(33)15-16-46-35/h3,5-6,9-10,13-14,18-19,23,25,27,31-33,35,38,41-42H,4,7-8,11-12,15-17,20-22H2,1-2H3,(H,39,43)/t27-,31-,32+,33-,35+/m0/s1. The highest BCUT2D eigenvalue weighted by atomic mass is 32.2. The number of aliphatic hydroxyl groups is 1. The number of hydrogen-bond acceptors (Lipinski definition) is 9. The van der Waals surface area contributed by atoms with Crippen LogP contribution in [0.5, 0.6) is 5.88 Å². The molecule has 0 radical (unpaired) electrons. The summed E-state index contributed by atoms with van der Waals surface area (Å²) in [4.78, 5) is 20.9. The van der Waals surface area contributed by atoms with E-state index < -0.39 is 34.4 Å². The van der Waals surface area contributed by atoms with Crippen LogP contribution in [0.4, 0.5) is 4.79 Å². The minimum atomic E-state index is -4.13. The van der Waals surface area contributed by atoms with Gasteiger partial charge >= 0.3 is 6.09 Å². The molecular formula is C36H48N4O8S.